The van der Waals surface area contributed by atoms with Gasteiger partial charge in [-0.25, -0.2) is 0 Å². The number of carbonyl (C=O) groups is 1. The van der Waals surface area contributed by atoms with E-state index in [0.717, 1.165) is 33.2 Å². The van der Waals surface area contributed by atoms with Gasteiger partial charge in [0.15, 0.2) is 5.82 Å². The van der Waals surface area contributed by atoms with E-state index >= 15 is 0 Å². The third-order valence-electron chi connectivity index (χ3n) is 5.65. The molecule has 0 fully saturated rings. The van der Waals surface area contributed by atoms with Crippen molar-refractivity contribution in [3.05, 3.63) is 63.0 Å². The molecule has 0 saturated heterocycles. The third kappa shape index (κ3) is 3.09. The van der Waals surface area contributed by atoms with Crippen molar-refractivity contribution in [3.8, 4) is 5.00 Å². The minimum absolute atomic E-state index is 0.461. The van der Waals surface area contributed by atoms with E-state index in [4.69, 9.17) is 4.99 Å². The van der Waals surface area contributed by atoms with Gasteiger partial charge in [-0.05, 0) is 39.7 Å². The Hall–Kier alpha value is -2.80. The van der Waals surface area contributed by atoms with Gasteiger partial charge in [-0.3, -0.25) is 14.4 Å². The molecule has 0 amide bonds. The van der Waals surface area contributed by atoms with Crippen molar-refractivity contribution in [3.63, 3.8) is 0 Å². The van der Waals surface area contributed by atoms with Crippen molar-refractivity contribution in [1.29, 1.82) is 0 Å². The number of aryl methyl sites for hydroxylation is 3. The molecule has 2 aromatic heterocycles. The Labute approximate surface area is 174 Å². The molecule has 29 heavy (non-hydrogen) atoms. The van der Waals surface area contributed by atoms with Gasteiger partial charge in [0.05, 0.1) is 11.6 Å². The van der Waals surface area contributed by atoms with E-state index in [1.807, 2.05) is 18.4 Å². The molecule has 6 nitrogen and oxygen atoms in total. The molecule has 0 aliphatic carbocycles. The average molecular weight is 409 g/mol. The molecule has 1 N–H and O–H groups in total. The van der Waals surface area contributed by atoms with E-state index in [1.165, 1.54) is 10.4 Å². The van der Waals surface area contributed by atoms with Gasteiger partial charge in [0.25, 0.3) is 0 Å². The molecule has 7 heteroatoms. The van der Waals surface area contributed by atoms with Crippen molar-refractivity contribution in [1.82, 2.24) is 14.8 Å². The normalized spacial score (nSPS) is 16.6. The lowest BCUT2D eigenvalue weighted by Crippen LogP contribution is -2.23. The van der Waals surface area contributed by atoms with Crippen LogP contribution in [-0.2, 0) is 4.79 Å². The van der Waals surface area contributed by atoms with E-state index in [-0.39, 0.29) is 0 Å². The minimum atomic E-state index is -0.866. The van der Waals surface area contributed by atoms with Gasteiger partial charge >= 0.3 is 5.97 Å². The number of rotatable bonds is 4. The molecule has 2 atom stereocenters. The second-order valence-electron chi connectivity index (χ2n) is 7.55. The topological polar surface area (TPSA) is 80.4 Å². The molecule has 0 spiro atoms. The van der Waals surface area contributed by atoms with Crippen LogP contribution in [0.5, 0.6) is 0 Å². The highest BCUT2D eigenvalue weighted by Crippen LogP contribution is 2.41. The molecule has 1 aliphatic heterocycles. The molecule has 0 bridgehead atoms. The van der Waals surface area contributed by atoms with Crippen molar-refractivity contribution < 1.29 is 9.90 Å². The summed E-state index contributed by atoms with van der Waals surface area (Å²) in [6, 6.07) is 7.64. The zero-order valence-corrected chi connectivity index (χ0v) is 18.0. The Bertz CT molecular complexity index is 1120. The maximum atomic E-state index is 12.1. The van der Waals surface area contributed by atoms with E-state index in [1.54, 1.807) is 11.3 Å². The standard InChI is InChI=1S/C22H24N4O2S/c1-6-16(22(27)28)19-20-25-24-14(5)26(20)21-17(12(3)13(4)29-21)18(23-19)15-9-7-11(2)8-10-15/h7-10,16,19H,6H2,1-5H3,(H,27,28). The highest BCUT2D eigenvalue weighted by atomic mass is 32.1. The van der Waals surface area contributed by atoms with Crippen LogP contribution in [0.1, 0.15) is 58.2 Å². The van der Waals surface area contributed by atoms with Crippen LogP contribution in [0.15, 0.2) is 29.3 Å². The Morgan fingerprint density at radius 3 is 2.48 bits per heavy atom. The summed E-state index contributed by atoms with van der Waals surface area (Å²) in [6.07, 6.45) is 0.461. The quantitative estimate of drug-likeness (QED) is 0.686. The molecular weight excluding hydrogens is 384 g/mol. The van der Waals surface area contributed by atoms with Crippen molar-refractivity contribution in [2.75, 3.05) is 0 Å². The van der Waals surface area contributed by atoms with Gasteiger partial charge in [-0.2, -0.15) is 0 Å². The van der Waals surface area contributed by atoms with E-state index in [9.17, 15) is 9.90 Å². The van der Waals surface area contributed by atoms with Crippen LogP contribution in [0, 0.1) is 33.6 Å². The largest absolute Gasteiger partial charge is 0.481 e. The van der Waals surface area contributed by atoms with Crippen LogP contribution < -0.4 is 0 Å². The zero-order valence-electron chi connectivity index (χ0n) is 17.2. The molecule has 4 rings (SSSR count). The monoisotopic (exact) mass is 408 g/mol. The average Bonchev–Trinajstić information content (AvgIpc) is 3.14. The molecule has 1 aromatic carbocycles. The van der Waals surface area contributed by atoms with Crippen molar-refractivity contribution >= 4 is 23.0 Å². The highest BCUT2D eigenvalue weighted by Gasteiger charge is 2.37. The van der Waals surface area contributed by atoms with Gasteiger partial charge in [0.1, 0.15) is 16.9 Å². The predicted molar refractivity (Wildman–Crippen MR) is 114 cm³/mol. The van der Waals surface area contributed by atoms with Crippen molar-refractivity contribution in [2.45, 2.75) is 47.1 Å². The van der Waals surface area contributed by atoms with Crippen molar-refractivity contribution in [2.24, 2.45) is 10.9 Å². The molecule has 2 unspecified atom stereocenters. The van der Waals surface area contributed by atoms with Crippen LogP contribution in [-0.4, -0.2) is 31.6 Å². The first kappa shape index (κ1) is 19.5. The van der Waals surface area contributed by atoms with E-state index in [2.05, 4.69) is 55.2 Å². The first-order chi connectivity index (χ1) is 13.8. The number of aliphatic carboxylic acids is 1. The number of carboxylic acid groups (broad SMARTS) is 1. The number of hydrogen-bond donors (Lipinski definition) is 1. The Morgan fingerprint density at radius 1 is 1.17 bits per heavy atom. The SMILES string of the molecule is CCC(C(=O)O)C1N=C(c2ccc(C)cc2)c2c(sc(C)c2C)-n2c(C)nnc21. The summed E-state index contributed by atoms with van der Waals surface area (Å²) < 4.78 is 2.00. The van der Waals surface area contributed by atoms with E-state index in [0.29, 0.717) is 12.2 Å². The number of thiophene rings is 1. The molecule has 3 aromatic rings. The summed E-state index contributed by atoms with van der Waals surface area (Å²) in [5.41, 5.74) is 5.19. The van der Waals surface area contributed by atoms with Crippen LogP contribution in [0.2, 0.25) is 0 Å². The maximum absolute atomic E-state index is 12.1. The summed E-state index contributed by atoms with van der Waals surface area (Å²) >= 11 is 1.68. The third-order valence-corrected chi connectivity index (χ3v) is 6.84. The van der Waals surface area contributed by atoms with Crippen LogP contribution >= 0.6 is 11.3 Å². The fourth-order valence-electron chi connectivity index (χ4n) is 3.86. The van der Waals surface area contributed by atoms with E-state index < -0.39 is 17.9 Å². The Kier molecular flexibility index (Phi) is 4.86. The summed E-state index contributed by atoms with van der Waals surface area (Å²) in [4.78, 5) is 18.3. The van der Waals surface area contributed by atoms with Crippen LogP contribution in [0.4, 0.5) is 0 Å². The molecule has 0 radical (unpaired) electrons. The summed E-state index contributed by atoms with van der Waals surface area (Å²) in [6.45, 7) is 10.0. The first-order valence-corrected chi connectivity index (χ1v) is 10.5. The summed E-state index contributed by atoms with van der Waals surface area (Å²) in [7, 11) is 0. The minimum Gasteiger partial charge on any atom is -0.481 e. The zero-order chi connectivity index (χ0) is 20.9. The lowest BCUT2D eigenvalue weighted by atomic mass is 9.95. The number of fused-ring (bicyclic) bond motifs is 3. The van der Waals surface area contributed by atoms with Gasteiger partial charge in [0.2, 0.25) is 0 Å². The number of aromatic nitrogens is 3. The molecule has 0 saturated carbocycles. The predicted octanol–water partition coefficient (Wildman–Crippen LogP) is 4.57. The highest BCUT2D eigenvalue weighted by molar-refractivity contribution is 7.15. The fraction of sp³-hybridized carbons (Fsp3) is 0.364. The molecule has 1 aliphatic rings. The molecule has 3 heterocycles. The lowest BCUT2D eigenvalue weighted by molar-refractivity contribution is -0.142. The number of benzene rings is 1. The molecule has 150 valence electrons. The number of hydrogen-bond acceptors (Lipinski definition) is 5. The maximum Gasteiger partial charge on any atom is 0.309 e. The second kappa shape index (κ2) is 7.22. The molecular formula is C22H24N4O2S. The smallest absolute Gasteiger partial charge is 0.309 e. The Morgan fingerprint density at radius 2 is 1.86 bits per heavy atom. The summed E-state index contributed by atoms with van der Waals surface area (Å²) in [5.74, 6) is -0.197. The number of aliphatic imine (C=N–C) groups is 1. The lowest BCUT2D eigenvalue weighted by Gasteiger charge is -2.18. The first-order valence-electron chi connectivity index (χ1n) is 9.73. The number of carboxylic acids is 1. The van der Waals surface area contributed by atoms with Crippen LogP contribution in [0.25, 0.3) is 5.00 Å². The summed E-state index contributed by atoms with van der Waals surface area (Å²) in [5, 5.41) is 19.5. The van der Waals surface area contributed by atoms with Gasteiger partial charge in [0, 0.05) is 16.0 Å². The van der Waals surface area contributed by atoms with Gasteiger partial charge in [-0.15, -0.1) is 21.5 Å². The van der Waals surface area contributed by atoms with Crippen LogP contribution in [0.3, 0.4) is 0 Å². The van der Waals surface area contributed by atoms with Gasteiger partial charge in [-0.1, -0.05) is 36.8 Å². The van der Waals surface area contributed by atoms with Gasteiger partial charge < -0.3 is 5.11 Å². The Balaban J connectivity index is 2.07. The second-order valence-corrected chi connectivity index (χ2v) is 8.75. The number of nitrogens with zero attached hydrogens (tertiary/aromatic N) is 4. The fourth-order valence-corrected chi connectivity index (χ4v) is 5.08.